The fourth-order valence-electron chi connectivity index (χ4n) is 2.58. The van der Waals surface area contributed by atoms with Crippen LogP contribution in [0.5, 0.6) is 0 Å². The van der Waals surface area contributed by atoms with Crippen molar-refractivity contribution in [1.82, 2.24) is 10.2 Å². The molecule has 0 unspecified atom stereocenters. The first kappa shape index (κ1) is 15.8. The molecule has 0 bridgehead atoms. The van der Waals surface area contributed by atoms with Crippen LogP contribution in [0.15, 0.2) is 29.2 Å². The molecule has 0 spiro atoms. The molecule has 1 aromatic carbocycles. The molecule has 1 aromatic rings. The molecular formula is C16H26N2OS. The van der Waals surface area contributed by atoms with Crippen LogP contribution < -0.4 is 5.32 Å². The van der Waals surface area contributed by atoms with Gasteiger partial charge in [0.1, 0.15) is 0 Å². The highest BCUT2D eigenvalue weighted by Crippen LogP contribution is 2.37. The van der Waals surface area contributed by atoms with Gasteiger partial charge in [-0.3, -0.25) is 4.90 Å². The minimum atomic E-state index is 0.114. The Kier molecular flexibility index (Phi) is 5.49. The Balaban J connectivity index is 2.24. The third-order valence-electron chi connectivity index (χ3n) is 3.46. The highest BCUT2D eigenvalue weighted by atomic mass is 32.2. The molecule has 112 valence electrons. The van der Waals surface area contributed by atoms with Gasteiger partial charge in [-0.2, -0.15) is 0 Å². The Morgan fingerprint density at radius 2 is 1.90 bits per heavy atom. The first-order valence-corrected chi connectivity index (χ1v) is 8.16. The van der Waals surface area contributed by atoms with Crippen molar-refractivity contribution in [2.75, 3.05) is 32.8 Å². The van der Waals surface area contributed by atoms with Crippen LogP contribution in [-0.2, 0) is 0 Å². The van der Waals surface area contributed by atoms with Crippen molar-refractivity contribution in [3.8, 4) is 0 Å². The summed E-state index contributed by atoms with van der Waals surface area (Å²) in [4.78, 5) is 3.68. The average Bonchev–Trinajstić information content (AvgIpc) is 2.41. The number of aliphatic hydroxyl groups excluding tert-OH is 1. The molecule has 0 saturated carbocycles. The maximum Gasteiger partial charge on any atom is 0.0629 e. The van der Waals surface area contributed by atoms with Crippen molar-refractivity contribution in [3.63, 3.8) is 0 Å². The molecule has 0 aliphatic carbocycles. The van der Waals surface area contributed by atoms with E-state index in [1.54, 1.807) is 0 Å². The van der Waals surface area contributed by atoms with E-state index in [4.69, 9.17) is 0 Å². The lowest BCUT2D eigenvalue weighted by molar-refractivity contribution is 0.109. The lowest BCUT2D eigenvalue weighted by atomic mass is 10.1. The monoisotopic (exact) mass is 294 g/mol. The van der Waals surface area contributed by atoms with Crippen molar-refractivity contribution >= 4 is 11.8 Å². The summed E-state index contributed by atoms with van der Waals surface area (Å²) in [5.41, 5.74) is 1.26. The largest absolute Gasteiger partial charge is 0.394 e. The van der Waals surface area contributed by atoms with Crippen LogP contribution in [0.1, 0.15) is 32.4 Å². The van der Waals surface area contributed by atoms with E-state index in [0.29, 0.717) is 0 Å². The zero-order chi connectivity index (χ0) is 14.6. The Bertz CT molecular complexity index is 425. The second kappa shape index (κ2) is 6.94. The normalized spacial score (nSPS) is 19.0. The minimum Gasteiger partial charge on any atom is -0.394 e. The Morgan fingerprint density at radius 3 is 2.50 bits per heavy atom. The van der Waals surface area contributed by atoms with E-state index in [9.17, 15) is 5.11 Å². The van der Waals surface area contributed by atoms with E-state index in [0.717, 1.165) is 26.2 Å². The quantitative estimate of drug-likeness (QED) is 0.837. The number of aliphatic hydroxyl groups is 1. The fourth-order valence-corrected chi connectivity index (χ4v) is 3.71. The van der Waals surface area contributed by atoms with E-state index in [2.05, 4.69) is 55.3 Å². The Labute approximate surface area is 126 Å². The summed E-state index contributed by atoms with van der Waals surface area (Å²) in [5.74, 6) is 0. The number of nitrogens with zero attached hydrogens (tertiary/aromatic N) is 1. The first-order chi connectivity index (χ1) is 9.51. The molecule has 0 radical (unpaired) electrons. The fraction of sp³-hybridized carbons (Fsp3) is 0.625. The van der Waals surface area contributed by atoms with Crippen molar-refractivity contribution in [3.05, 3.63) is 29.8 Å². The zero-order valence-electron chi connectivity index (χ0n) is 12.7. The highest BCUT2D eigenvalue weighted by Gasteiger charge is 2.25. The lowest BCUT2D eigenvalue weighted by Gasteiger charge is -2.35. The van der Waals surface area contributed by atoms with Gasteiger partial charge in [0.05, 0.1) is 12.6 Å². The van der Waals surface area contributed by atoms with Gasteiger partial charge in [-0.25, -0.2) is 0 Å². The minimum absolute atomic E-state index is 0.114. The van der Waals surface area contributed by atoms with Gasteiger partial charge in [0.25, 0.3) is 0 Å². The van der Waals surface area contributed by atoms with Gasteiger partial charge in [0.2, 0.25) is 0 Å². The van der Waals surface area contributed by atoms with Gasteiger partial charge < -0.3 is 10.4 Å². The van der Waals surface area contributed by atoms with Crippen LogP contribution in [0.2, 0.25) is 0 Å². The van der Waals surface area contributed by atoms with Crippen LogP contribution in [-0.4, -0.2) is 47.5 Å². The number of hydrogen-bond donors (Lipinski definition) is 2. The van der Waals surface area contributed by atoms with Crippen LogP contribution in [0.3, 0.4) is 0 Å². The number of rotatable bonds is 4. The number of thioether (sulfide) groups is 1. The first-order valence-electron chi connectivity index (χ1n) is 7.35. The molecule has 20 heavy (non-hydrogen) atoms. The van der Waals surface area contributed by atoms with Gasteiger partial charge in [0.15, 0.2) is 0 Å². The van der Waals surface area contributed by atoms with E-state index in [-0.39, 0.29) is 17.4 Å². The molecule has 1 heterocycles. The van der Waals surface area contributed by atoms with Crippen LogP contribution >= 0.6 is 11.8 Å². The molecule has 4 heteroatoms. The summed E-state index contributed by atoms with van der Waals surface area (Å²) < 4.78 is 0.180. The van der Waals surface area contributed by atoms with Crippen molar-refractivity contribution < 1.29 is 5.11 Å². The Morgan fingerprint density at radius 1 is 1.25 bits per heavy atom. The molecule has 2 rings (SSSR count). The van der Waals surface area contributed by atoms with Gasteiger partial charge in [-0.1, -0.05) is 39.0 Å². The molecule has 0 amide bonds. The van der Waals surface area contributed by atoms with E-state index in [1.807, 2.05) is 11.8 Å². The van der Waals surface area contributed by atoms with Crippen LogP contribution in [0.25, 0.3) is 0 Å². The molecule has 1 atom stereocenters. The lowest BCUT2D eigenvalue weighted by Crippen LogP contribution is -2.46. The molecule has 1 fully saturated rings. The van der Waals surface area contributed by atoms with Gasteiger partial charge >= 0.3 is 0 Å². The van der Waals surface area contributed by atoms with Crippen molar-refractivity contribution in [2.45, 2.75) is 36.5 Å². The molecule has 0 aromatic heterocycles. The van der Waals surface area contributed by atoms with Crippen LogP contribution in [0, 0.1) is 0 Å². The summed E-state index contributed by atoms with van der Waals surface area (Å²) >= 11 is 1.88. The van der Waals surface area contributed by atoms with Gasteiger partial charge in [-0.15, -0.1) is 11.8 Å². The summed E-state index contributed by atoms with van der Waals surface area (Å²) in [7, 11) is 0. The van der Waals surface area contributed by atoms with Gasteiger partial charge in [-0.05, 0) is 11.6 Å². The van der Waals surface area contributed by atoms with E-state index >= 15 is 0 Å². The van der Waals surface area contributed by atoms with Crippen LogP contribution in [0.4, 0.5) is 0 Å². The molecule has 3 nitrogen and oxygen atoms in total. The third-order valence-corrected chi connectivity index (χ3v) is 4.66. The number of hydrogen-bond acceptors (Lipinski definition) is 4. The molecule has 1 aliphatic heterocycles. The number of nitrogens with one attached hydrogen (secondary N) is 1. The van der Waals surface area contributed by atoms with E-state index in [1.165, 1.54) is 10.5 Å². The van der Waals surface area contributed by atoms with Crippen molar-refractivity contribution in [2.24, 2.45) is 0 Å². The van der Waals surface area contributed by atoms with E-state index < -0.39 is 0 Å². The Hall–Kier alpha value is -0.550. The zero-order valence-corrected chi connectivity index (χ0v) is 13.5. The maximum absolute atomic E-state index is 9.88. The molecule has 1 saturated heterocycles. The standard InChI is InChI=1S/C16H26N2OS/c1-16(2,3)20-15-7-5-4-6-13(15)14(12-19)18-10-8-17-9-11-18/h4-7,14,17,19H,8-12H2,1-3H3/t14-/m0/s1. The molecule has 2 N–H and O–H groups in total. The van der Waals surface area contributed by atoms with Crippen molar-refractivity contribution in [1.29, 1.82) is 0 Å². The smallest absolute Gasteiger partial charge is 0.0629 e. The number of benzene rings is 1. The average molecular weight is 294 g/mol. The van der Waals surface area contributed by atoms with Gasteiger partial charge in [0, 0.05) is 35.8 Å². The summed E-state index contributed by atoms with van der Waals surface area (Å²) in [6.45, 7) is 10.9. The molecule has 1 aliphatic rings. The predicted molar refractivity (Wildman–Crippen MR) is 86.3 cm³/mol. The SMILES string of the molecule is CC(C)(C)Sc1ccccc1[C@H](CO)N1CCNCC1. The highest BCUT2D eigenvalue weighted by molar-refractivity contribution is 8.00. The topological polar surface area (TPSA) is 35.5 Å². The number of piperazine rings is 1. The second-order valence-corrected chi connectivity index (χ2v) is 8.11. The second-order valence-electron chi connectivity index (χ2n) is 6.24. The predicted octanol–water partition coefficient (Wildman–Crippen LogP) is 2.52. The maximum atomic E-state index is 9.88. The molecular weight excluding hydrogens is 268 g/mol. The summed E-state index contributed by atoms with van der Waals surface area (Å²) in [6.07, 6.45) is 0. The summed E-state index contributed by atoms with van der Waals surface area (Å²) in [5, 5.41) is 13.3. The summed E-state index contributed by atoms with van der Waals surface area (Å²) in [6, 6.07) is 8.62. The third kappa shape index (κ3) is 4.22.